The van der Waals surface area contributed by atoms with Crippen LogP contribution in [0.2, 0.25) is 0 Å². The maximum Gasteiger partial charge on any atom is 0.178 e. The van der Waals surface area contributed by atoms with Gasteiger partial charge < -0.3 is 10.1 Å². The molecule has 19 heavy (non-hydrogen) atoms. The second-order valence-corrected chi connectivity index (χ2v) is 6.55. The minimum atomic E-state index is -0.0984. The number of rotatable bonds is 3. The van der Waals surface area contributed by atoms with Gasteiger partial charge in [0, 0.05) is 6.61 Å². The molecule has 3 heteroatoms. The Kier molecular flexibility index (Phi) is 4.54. The molecule has 0 spiro atoms. The van der Waals surface area contributed by atoms with E-state index in [1.54, 1.807) is 0 Å². The first-order valence-corrected chi connectivity index (χ1v) is 8.25. The van der Waals surface area contributed by atoms with Gasteiger partial charge in [0.1, 0.15) is 6.10 Å². The molecule has 1 saturated carbocycles. The summed E-state index contributed by atoms with van der Waals surface area (Å²) in [5.41, 5.74) is 0. The van der Waals surface area contributed by atoms with Gasteiger partial charge in [0.2, 0.25) is 0 Å². The van der Waals surface area contributed by atoms with Crippen molar-refractivity contribution in [2.45, 2.75) is 69.9 Å². The van der Waals surface area contributed by atoms with Crippen molar-refractivity contribution in [1.29, 1.82) is 0 Å². The van der Waals surface area contributed by atoms with Crippen LogP contribution in [0.5, 0.6) is 0 Å². The molecule has 2 saturated heterocycles. The molecule has 0 radical (unpaired) electrons. The van der Waals surface area contributed by atoms with Gasteiger partial charge >= 0.3 is 0 Å². The second kappa shape index (κ2) is 6.36. The van der Waals surface area contributed by atoms with Gasteiger partial charge in [-0.1, -0.05) is 38.5 Å². The van der Waals surface area contributed by atoms with Gasteiger partial charge in [0.15, 0.2) is 5.78 Å². The number of nitrogens with one attached hydrogen (secondary N) is 1. The first-order chi connectivity index (χ1) is 9.36. The third kappa shape index (κ3) is 3.03. The molecule has 2 heterocycles. The van der Waals surface area contributed by atoms with Gasteiger partial charge in [-0.3, -0.25) is 4.79 Å². The first kappa shape index (κ1) is 13.6. The zero-order valence-corrected chi connectivity index (χ0v) is 11.9. The van der Waals surface area contributed by atoms with E-state index in [-0.39, 0.29) is 12.1 Å². The van der Waals surface area contributed by atoms with Crippen LogP contribution in [0.15, 0.2) is 0 Å². The zero-order valence-electron chi connectivity index (χ0n) is 11.9. The van der Waals surface area contributed by atoms with E-state index in [9.17, 15) is 4.79 Å². The highest BCUT2D eigenvalue weighted by molar-refractivity contribution is 5.89. The van der Waals surface area contributed by atoms with Gasteiger partial charge in [-0.25, -0.2) is 0 Å². The normalized spacial score (nSPS) is 37.4. The highest BCUT2D eigenvalue weighted by Crippen LogP contribution is 2.37. The predicted octanol–water partition coefficient (Wildman–Crippen LogP) is 2.68. The summed E-state index contributed by atoms with van der Waals surface area (Å²) in [6, 6.07) is 0.0800. The predicted molar refractivity (Wildman–Crippen MR) is 75.1 cm³/mol. The van der Waals surface area contributed by atoms with Gasteiger partial charge in [0.25, 0.3) is 0 Å². The Bertz CT molecular complexity index is 304. The van der Waals surface area contributed by atoms with E-state index in [1.807, 2.05) is 0 Å². The second-order valence-electron chi connectivity index (χ2n) is 6.55. The molecule has 3 rings (SSSR count). The van der Waals surface area contributed by atoms with E-state index in [1.165, 1.54) is 38.5 Å². The third-order valence-electron chi connectivity index (χ3n) is 5.33. The number of ether oxygens (including phenoxy) is 1. The topological polar surface area (TPSA) is 38.3 Å². The summed E-state index contributed by atoms with van der Waals surface area (Å²) in [7, 11) is 0. The molecule has 2 aliphatic heterocycles. The van der Waals surface area contributed by atoms with Crippen LogP contribution in [0.4, 0.5) is 0 Å². The first-order valence-electron chi connectivity index (χ1n) is 8.25. The lowest BCUT2D eigenvalue weighted by molar-refractivity contribution is -0.132. The molecule has 3 atom stereocenters. The molecule has 0 aromatic carbocycles. The molecular formula is C16H27NO2. The van der Waals surface area contributed by atoms with Crippen LogP contribution < -0.4 is 5.32 Å². The number of hydrogen-bond acceptors (Lipinski definition) is 3. The van der Waals surface area contributed by atoms with Crippen LogP contribution in [0.1, 0.15) is 57.8 Å². The minimum Gasteiger partial charge on any atom is -0.370 e. The Hall–Kier alpha value is -0.410. The van der Waals surface area contributed by atoms with Crippen molar-refractivity contribution in [1.82, 2.24) is 5.32 Å². The van der Waals surface area contributed by atoms with E-state index in [0.29, 0.717) is 11.7 Å². The maximum absolute atomic E-state index is 12.6. The monoisotopic (exact) mass is 265 g/mol. The lowest BCUT2D eigenvalue weighted by atomic mass is 9.79. The summed E-state index contributed by atoms with van der Waals surface area (Å²) in [5, 5.41) is 3.34. The van der Waals surface area contributed by atoms with E-state index in [0.717, 1.165) is 38.3 Å². The lowest BCUT2D eigenvalue weighted by Crippen LogP contribution is -2.42. The summed E-state index contributed by atoms with van der Waals surface area (Å²) in [6.07, 6.45) is 11.2. The molecule has 3 aliphatic rings. The Morgan fingerprint density at radius 2 is 1.74 bits per heavy atom. The number of Topliss-reactive ketones (excluding diaryl/α,β-unsaturated/α-hetero) is 1. The van der Waals surface area contributed by atoms with Gasteiger partial charge in [0.05, 0.1) is 6.04 Å². The Balaban J connectivity index is 1.64. The van der Waals surface area contributed by atoms with Gasteiger partial charge in [-0.15, -0.1) is 0 Å². The van der Waals surface area contributed by atoms with Crippen molar-refractivity contribution in [2.75, 3.05) is 13.2 Å². The molecule has 0 aromatic heterocycles. The zero-order chi connectivity index (χ0) is 13.1. The molecule has 1 N–H and O–H groups in total. The van der Waals surface area contributed by atoms with E-state index >= 15 is 0 Å². The summed E-state index contributed by atoms with van der Waals surface area (Å²) >= 11 is 0. The van der Waals surface area contributed by atoms with Crippen LogP contribution >= 0.6 is 0 Å². The summed E-state index contributed by atoms with van der Waals surface area (Å²) in [6.45, 7) is 1.79. The maximum atomic E-state index is 12.6. The van der Waals surface area contributed by atoms with E-state index in [4.69, 9.17) is 4.74 Å². The molecule has 3 nitrogen and oxygen atoms in total. The molecule has 0 aromatic rings. The van der Waals surface area contributed by atoms with E-state index in [2.05, 4.69) is 5.32 Å². The van der Waals surface area contributed by atoms with Crippen molar-refractivity contribution >= 4 is 5.78 Å². The molecular weight excluding hydrogens is 238 g/mol. The largest absolute Gasteiger partial charge is 0.370 e. The average molecular weight is 265 g/mol. The fourth-order valence-electron chi connectivity index (χ4n) is 4.25. The summed E-state index contributed by atoms with van der Waals surface area (Å²) in [5.74, 6) is 1.59. The van der Waals surface area contributed by atoms with Gasteiger partial charge in [-0.2, -0.15) is 0 Å². The van der Waals surface area contributed by atoms with Crippen LogP contribution in [-0.2, 0) is 9.53 Å². The standard InChI is InChI=1S/C16H27NO2/c18-15(14-8-5-10-17-14)16-13(9-11-19-16)12-6-3-1-2-4-7-12/h12-14,16-17H,1-11H2/t13-,14+,16?/m1/s1. The van der Waals surface area contributed by atoms with Crippen LogP contribution in [-0.4, -0.2) is 31.1 Å². The molecule has 0 bridgehead atoms. The van der Waals surface area contributed by atoms with Crippen molar-refractivity contribution in [3.05, 3.63) is 0 Å². The smallest absolute Gasteiger partial charge is 0.178 e. The van der Waals surface area contributed by atoms with Gasteiger partial charge in [-0.05, 0) is 37.6 Å². The van der Waals surface area contributed by atoms with E-state index < -0.39 is 0 Å². The van der Waals surface area contributed by atoms with Crippen molar-refractivity contribution in [2.24, 2.45) is 11.8 Å². The summed E-state index contributed by atoms with van der Waals surface area (Å²) in [4.78, 5) is 12.6. The Labute approximate surface area is 116 Å². The molecule has 108 valence electrons. The third-order valence-corrected chi connectivity index (χ3v) is 5.33. The molecule has 0 amide bonds. The van der Waals surface area contributed by atoms with Crippen molar-refractivity contribution in [3.63, 3.8) is 0 Å². The van der Waals surface area contributed by atoms with Crippen LogP contribution in [0.3, 0.4) is 0 Å². The highest BCUT2D eigenvalue weighted by Gasteiger charge is 2.41. The lowest BCUT2D eigenvalue weighted by Gasteiger charge is -2.27. The number of carbonyl (C=O) groups is 1. The Morgan fingerprint density at radius 1 is 0.947 bits per heavy atom. The fourth-order valence-corrected chi connectivity index (χ4v) is 4.25. The average Bonchev–Trinajstić information content (AvgIpc) is 3.05. The van der Waals surface area contributed by atoms with Crippen LogP contribution in [0, 0.1) is 11.8 Å². The molecule has 1 unspecified atom stereocenters. The van der Waals surface area contributed by atoms with Crippen molar-refractivity contribution in [3.8, 4) is 0 Å². The fraction of sp³-hybridized carbons (Fsp3) is 0.938. The highest BCUT2D eigenvalue weighted by atomic mass is 16.5. The van der Waals surface area contributed by atoms with Crippen LogP contribution in [0.25, 0.3) is 0 Å². The molecule has 1 aliphatic carbocycles. The summed E-state index contributed by atoms with van der Waals surface area (Å²) < 4.78 is 5.84. The Morgan fingerprint density at radius 3 is 2.42 bits per heavy atom. The SMILES string of the molecule is O=C(C1OCC[C@@H]1C1CCCCCC1)[C@@H]1CCCN1. The number of ketones is 1. The minimum absolute atomic E-state index is 0.0800. The molecule has 3 fully saturated rings. The van der Waals surface area contributed by atoms with Crippen molar-refractivity contribution < 1.29 is 9.53 Å². The quantitative estimate of drug-likeness (QED) is 0.797. The number of carbonyl (C=O) groups excluding carboxylic acids is 1. The number of hydrogen-bond donors (Lipinski definition) is 1.